The van der Waals surface area contributed by atoms with Crippen molar-refractivity contribution in [1.82, 2.24) is 4.57 Å². The van der Waals surface area contributed by atoms with E-state index in [0.717, 1.165) is 15.1 Å². The van der Waals surface area contributed by atoms with Gasteiger partial charge in [0.15, 0.2) is 16.3 Å². The average Bonchev–Trinajstić information content (AvgIpc) is 3.33. The molecule has 0 N–H and O–H groups in total. The van der Waals surface area contributed by atoms with E-state index in [1.807, 2.05) is 47.0 Å². The minimum atomic E-state index is -0.290. The van der Waals surface area contributed by atoms with Crippen molar-refractivity contribution in [2.45, 2.75) is 24.8 Å². The second-order valence-electron chi connectivity index (χ2n) is 6.37. The first-order valence-corrected chi connectivity index (χ1v) is 11.3. The van der Waals surface area contributed by atoms with Crippen LogP contribution in [-0.4, -0.2) is 35.6 Å². The van der Waals surface area contributed by atoms with Gasteiger partial charge in [-0.2, -0.15) is 4.99 Å². The lowest BCUT2D eigenvalue weighted by molar-refractivity contribution is -0.143. The van der Waals surface area contributed by atoms with Crippen molar-refractivity contribution in [3.05, 3.63) is 47.3 Å². The Morgan fingerprint density at radius 3 is 2.73 bits per heavy atom. The fraction of sp³-hybridized carbons (Fsp3) is 0.286. The van der Waals surface area contributed by atoms with Crippen LogP contribution < -0.4 is 14.3 Å². The van der Waals surface area contributed by atoms with Gasteiger partial charge < -0.3 is 18.8 Å². The number of nitrogens with zero attached hydrogens (tertiary/aromatic N) is 2. The molecule has 0 atom stereocenters. The number of thioether (sulfide) groups is 1. The summed E-state index contributed by atoms with van der Waals surface area (Å²) in [6.45, 7) is 2.65. The van der Waals surface area contributed by atoms with Gasteiger partial charge in [-0.25, -0.2) is 0 Å². The van der Waals surface area contributed by atoms with Crippen LogP contribution in [0.15, 0.2) is 52.4 Å². The van der Waals surface area contributed by atoms with E-state index in [1.54, 1.807) is 6.92 Å². The number of esters is 1. The Hall–Kier alpha value is -2.78. The lowest BCUT2D eigenvalue weighted by atomic mass is 10.3. The van der Waals surface area contributed by atoms with Gasteiger partial charge in [-0.15, -0.1) is 11.8 Å². The summed E-state index contributed by atoms with van der Waals surface area (Å²) in [5, 5.41) is 0. The highest BCUT2D eigenvalue weighted by Crippen LogP contribution is 2.37. The minimum Gasteiger partial charge on any atom is -0.466 e. The first kappa shape index (κ1) is 20.5. The van der Waals surface area contributed by atoms with Crippen LogP contribution in [0.4, 0.5) is 0 Å². The normalized spacial score (nSPS) is 13.0. The Kier molecular flexibility index (Phi) is 6.39. The number of carbonyl (C=O) groups is 2. The lowest BCUT2D eigenvalue weighted by Crippen LogP contribution is -2.20. The number of thiazole rings is 1. The maximum atomic E-state index is 12.5. The van der Waals surface area contributed by atoms with E-state index in [0.29, 0.717) is 29.5 Å². The molecule has 1 amide bonds. The quantitative estimate of drug-likeness (QED) is 0.409. The molecule has 0 saturated heterocycles. The first-order valence-electron chi connectivity index (χ1n) is 9.48. The predicted octanol–water partition coefficient (Wildman–Crippen LogP) is 3.60. The smallest absolute Gasteiger partial charge is 0.307 e. The largest absolute Gasteiger partial charge is 0.466 e. The molecule has 156 valence electrons. The number of fused-ring (bicyclic) bond motifs is 2. The summed E-state index contributed by atoms with van der Waals surface area (Å²) in [6, 6.07) is 13.5. The molecule has 2 aromatic carbocycles. The summed E-state index contributed by atoms with van der Waals surface area (Å²) in [5.74, 6) is 1.02. The molecule has 30 heavy (non-hydrogen) atoms. The summed E-state index contributed by atoms with van der Waals surface area (Å²) >= 11 is 2.82. The van der Waals surface area contributed by atoms with Crippen LogP contribution in [0.3, 0.4) is 0 Å². The molecule has 1 aliphatic rings. The second-order valence-corrected chi connectivity index (χ2v) is 8.43. The van der Waals surface area contributed by atoms with Crippen molar-refractivity contribution in [1.29, 1.82) is 0 Å². The zero-order chi connectivity index (χ0) is 20.9. The summed E-state index contributed by atoms with van der Waals surface area (Å²) < 4.78 is 18.7. The van der Waals surface area contributed by atoms with Gasteiger partial charge in [-0.05, 0) is 19.1 Å². The summed E-state index contributed by atoms with van der Waals surface area (Å²) in [5.41, 5.74) is 0.843. The van der Waals surface area contributed by atoms with Crippen molar-refractivity contribution in [3.8, 4) is 11.5 Å². The molecule has 1 aromatic heterocycles. The van der Waals surface area contributed by atoms with Gasteiger partial charge in [-0.3, -0.25) is 9.59 Å². The van der Waals surface area contributed by atoms with Gasteiger partial charge in [0.2, 0.25) is 6.79 Å². The number of ether oxygens (including phenoxy) is 3. The summed E-state index contributed by atoms with van der Waals surface area (Å²) in [6.07, 6.45) is 0.189. The Labute approximate surface area is 181 Å². The highest BCUT2D eigenvalue weighted by molar-refractivity contribution is 8.00. The molecular formula is C21H20N2O5S2. The fourth-order valence-electron chi connectivity index (χ4n) is 3.00. The molecule has 9 heteroatoms. The number of carbonyl (C=O) groups excluding carboxylic acids is 2. The second kappa shape index (κ2) is 9.36. The average molecular weight is 445 g/mol. The van der Waals surface area contributed by atoms with E-state index < -0.39 is 0 Å². The monoisotopic (exact) mass is 444 g/mol. The van der Waals surface area contributed by atoms with Crippen LogP contribution in [-0.2, 0) is 20.9 Å². The van der Waals surface area contributed by atoms with Crippen molar-refractivity contribution in [2.75, 3.05) is 19.2 Å². The van der Waals surface area contributed by atoms with Crippen molar-refractivity contribution in [2.24, 2.45) is 4.99 Å². The number of aromatic nitrogens is 1. The van der Waals surface area contributed by atoms with E-state index >= 15 is 0 Å². The van der Waals surface area contributed by atoms with Crippen LogP contribution in [0, 0.1) is 0 Å². The zero-order valence-corrected chi connectivity index (χ0v) is 18.0. The van der Waals surface area contributed by atoms with Crippen LogP contribution in [0.1, 0.15) is 13.3 Å². The molecule has 0 radical (unpaired) electrons. The number of aryl methyl sites for hydroxylation is 1. The highest BCUT2D eigenvalue weighted by atomic mass is 32.2. The van der Waals surface area contributed by atoms with E-state index in [1.165, 1.54) is 23.1 Å². The lowest BCUT2D eigenvalue weighted by Gasteiger charge is -2.06. The molecule has 3 aromatic rings. The maximum absolute atomic E-state index is 12.5. The predicted molar refractivity (Wildman–Crippen MR) is 115 cm³/mol. The van der Waals surface area contributed by atoms with Crippen LogP contribution >= 0.6 is 23.1 Å². The summed E-state index contributed by atoms with van der Waals surface area (Å²) in [4.78, 5) is 30.3. The third kappa shape index (κ3) is 4.68. The Bertz CT molecular complexity index is 1140. The summed E-state index contributed by atoms with van der Waals surface area (Å²) in [7, 11) is 0. The molecule has 0 spiro atoms. The third-order valence-corrected chi connectivity index (χ3v) is 6.39. The van der Waals surface area contributed by atoms with Gasteiger partial charge in [0, 0.05) is 23.6 Å². The number of benzene rings is 2. The van der Waals surface area contributed by atoms with Crippen LogP contribution in [0.25, 0.3) is 10.2 Å². The number of hydrogen-bond acceptors (Lipinski definition) is 7. The highest BCUT2D eigenvalue weighted by Gasteiger charge is 2.18. The van der Waals surface area contributed by atoms with E-state index in [9.17, 15) is 9.59 Å². The Morgan fingerprint density at radius 1 is 1.20 bits per heavy atom. The van der Waals surface area contributed by atoms with Gasteiger partial charge >= 0.3 is 5.97 Å². The fourth-order valence-corrected chi connectivity index (χ4v) is 4.79. The molecule has 0 unspecified atom stereocenters. The van der Waals surface area contributed by atoms with Gasteiger partial charge in [0.05, 0.1) is 29.0 Å². The minimum absolute atomic E-state index is 0.182. The first-order chi connectivity index (χ1) is 14.6. The number of amides is 1. The molecule has 0 aliphatic carbocycles. The van der Waals surface area contributed by atoms with Crippen molar-refractivity contribution in [3.63, 3.8) is 0 Å². The molecule has 1 aliphatic heterocycles. The molecular weight excluding hydrogens is 424 g/mol. The van der Waals surface area contributed by atoms with E-state index in [4.69, 9.17) is 14.2 Å². The molecule has 0 bridgehead atoms. The molecule has 2 heterocycles. The number of hydrogen-bond donors (Lipinski definition) is 0. The molecule has 0 saturated carbocycles. The van der Waals surface area contributed by atoms with Crippen LogP contribution in [0.2, 0.25) is 0 Å². The van der Waals surface area contributed by atoms with E-state index in [-0.39, 0.29) is 30.8 Å². The van der Waals surface area contributed by atoms with Crippen LogP contribution in [0.5, 0.6) is 11.5 Å². The maximum Gasteiger partial charge on any atom is 0.307 e. The van der Waals surface area contributed by atoms with E-state index in [2.05, 4.69) is 4.99 Å². The molecule has 4 rings (SSSR count). The standard InChI is InChI=1S/C21H20N2O5S2/c1-2-26-20(25)8-9-23-15-10-16-17(28-13-27-16)11-18(15)30-21(23)22-19(24)12-29-14-6-4-3-5-7-14/h3-7,10-11H,2,8-9,12-13H2,1H3. The van der Waals surface area contributed by atoms with Crippen molar-refractivity contribution >= 4 is 45.2 Å². The van der Waals surface area contributed by atoms with Gasteiger partial charge in [0.25, 0.3) is 5.91 Å². The topological polar surface area (TPSA) is 79.1 Å². The number of rotatable bonds is 7. The molecule has 0 fully saturated rings. The Balaban J connectivity index is 1.63. The van der Waals surface area contributed by atoms with Gasteiger partial charge in [0.1, 0.15) is 0 Å². The zero-order valence-electron chi connectivity index (χ0n) is 16.3. The Morgan fingerprint density at radius 2 is 1.97 bits per heavy atom. The van der Waals surface area contributed by atoms with Crippen molar-refractivity contribution < 1.29 is 23.8 Å². The molecule has 7 nitrogen and oxygen atoms in total. The third-order valence-electron chi connectivity index (χ3n) is 4.35. The SMILES string of the molecule is CCOC(=O)CCn1c(=NC(=O)CSc2ccccc2)sc2cc3c(cc21)OCO3. The van der Waals surface area contributed by atoms with Gasteiger partial charge in [-0.1, -0.05) is 29.5 Å².